The highest BCUT2D eigenvalue weighted by Crippen LogP contribution is 2.25. The number of nitrogens with one attached hydrogen (secondary N) is 2. The van der Waals surface area contributed by atoms with E-state index in [2.05, 4.69) is 15.5 Å². The Morgan fingerprint density at radius 3 is 2.61 bits per heavy atom. The minimum absolute atomic E-state index is 0.484. The lowest BCUT2D eigenvalue weighted by atomic mass is 10.1. The van der Waals surface area contributed by atoms with Crippen molar-refractivity contribution in [3.8, 4) is 11.3 Å². The summed E-state index contributed by atoms with van der Waals surface area (Å²) in [6.07, 6.45) is 4.08. The fourth-order valence-electron chi connectivity index (χ4n) is 1.93. The van der Waals surface area contributed by atoms with Gasteiger partial charge in [-0.25, -0.2) is 8.78 Å². The van der Waals surface area contributed by atoms with Crippen LogP contribution in [0.3, 0.4) is 0 Å². The first-order valence-electron chi connectivity index (χ1n) is 5.94. The zero-order chi connectivity index (χ0) is 12.5. The molecule has 1 aliphatic carbocycles. The van der Waals surface area contributed by atoms with Gasteiger partial charge in [0.05, 0.1) is 11.9 Å². The second kappa shape index (κ2) is 4.49. The van der Waals surface area contributed by atoms with Crippen molar-refractivity contribution in [2.24, 2.45) is 0 Å². The van der Waals surface area contributed by atoms with Gasteiger partial charge < -0.3 is 5.32 Å². The molecule has 0 radical (unpaired) electrons. The molecule has 0 saturated heterocycles. The molecule has 0 atom stereocenters. The van der Waals surface area contributed by atoms with E-state index in [1.54, 1.807) is 6.20 Å². The molecule has 3 nitrogen and oxygen atoms in total. The molecular formula is C13H13F2N3. The van der Waals surface area contributed by atoms with Crippen molar-refractivity contribution in [2.75, 3.05) is 0 Å². The molecule has 0 aliphatic heterocycles. The lowest BCUT2D eigenvalue weighted by Gasteiger charge is -2.05. The van der Waals surface area contributed by atoms with E-state index < -0.39 is 11.6 Å². The number of hydrogen-bond donors (Lipinski definition) is 2. The number of H-pyrrole nitrogens is 1. The predicted octanol–water partition coefficient (Wildman–Crippen LogP) is 2.61. The normalized spacial score (nSPS) is 15.0. The molecule has 2 aromatic rings. The van der Waals surface area contributed by atoms with Gasteiger partial charge in [-0.05, 0) is 25.0 Å². The smallest absolute Gasteiger partial charge is 0.126 e. The van der Waals surface area contributed by atoms with Gasteiger partial charge in [0, 0.05) is 29.8 Å². The molecule has 18 heavy (non-hydrogen) atoms. The van der Waals surface area contributed by atoms with Gasteiger partial charge in [0.25, 0.3) is 0 Å². The predicted molar refractivity (Wildman–Crippen MR) is 63.8 cm³/mol. The molecule has 1 aliphatic rings. The summed E-state index contributed by atoms with van der Waals surface area (Å²) in [7, 11) is 0. The highest BCUT2D eigenvalue weighted by atomic mass is 19.1. The summed E-state index contributed by atoms with van der Waals surface area (Å²) in [4.78, 5) is 0. The number of benzene rings is 1. The molecule has 94 valence electrons. The Kier molecular flexibility index (Phi) is 2.83. The molecule has 1 heterocycles. The van der Waals surface area contributed by atoms with E-state index >= 15 is 0 Å². The molecule has 0 unspecified atom stereocenters. The summed E-state index contributed by atoms with van der Waals surface area (Å²) in [5.74, 6) is -1.17. The highest BCUT2D eigenvalue weighted by molar-refractivity contribution is 5.62. The van der Waals surface area contributed by atoms with Crippen molar-refractivity contribution in [3.05, 3.63) is 41.6 Å². The van der Waals surface area contributed by atoms with Gasteiger partial charge in [-0.1, -0.05) is 0 Å². The first-order valence-corrected chi connectivity index (χ1v) is 5.94. The Balaban J connectivity index is 1.87. The number of halogens is 2. The van der Waals surface area contributed by atoms with Crippen LogP contribution >= 0.6 is 0 Å². The minimum Gasteiger partial charge on any atom is -0.310 e. The maximum absolute atomic E-state index is 13.2. The van der Waals surface area contributed by atoms with Crippen LogP contribution in [-0.2, 0) is 6.54 Å². The molecule has 1 aromatic heterocycles. The average Bonchev–Trinajstić information content (AvgIpc) is 3.02. The van der Waals surface area contributed by atoms with Crippen LogP contribution in [0.1, 0.15) is 18.4 Å². The third-order valence-electron chi connectivity index (χ3n) is 3.03. The van der Waals surface area contributed by atoms with Gasteiger partial charge in [-0.2, -0.15) is 5.10 Å². The molecule has 1 aromatic carbocycles. The van der Waals surface area contributed by atoms with Gasteiger partial charge in [0.1, 0.15) is 11.6 Å². The topological polar surface area (TPSA) is 40.7 Å². The van der Waals surface area contributed by atoms with Crippen molar-refractivity contribution in [1.82, 2.24) is 15.5 Å². The van der Waals surface area contributed by atoms with Gasteiger partial charge in [-0.3, -0.25) is 5.10 Å². The van der Waals surface area contributed by atoms with E-state index in [9.17, 15) is 8.78 Å². The standard InChI is InChI=1S/C13H13F2N3/c14-10-3-8(4-11(15)5-10)13-9(7-17-18-13)6-16-12-1-2-12/h3-5,7,12,16H,1-2,6H2,(H,17,18). The summed E-state index contributed by atoms with van der Waals surface area (Å²) in [5.41, 5.74) is 2.08. The Bertz CT molecular complexity index is 541. The molecular weight excluding hydrogens is 236 g/mol. The zero-order valence-corrected chi connectivity index (χ0v) is 9.71. The van der Waals surface area contributed by atoms with Crippen LogP contribution < -0.4 is 5.32 Å². The lowest BCUT2D eigenvalue weighted by Crippen LogP contribution is -2.15. The third kappa shape index (κ3) is 2.41. The van der Waals surface area contributed by atoms with Crippen molar-refractivity contribution >= 4 is 0 Å². The van der Waals surface area contributed by atoms with Crippen LogP contribution in [0.5, 0.6) is 0 Å². The van der Waals surface area contributed by atoms with E-state index in [4.69, 9.17) is 0 Å². The van der Waals surface area contributed by atoms with E-state index in [1.165, 1.54) is 25.0 Å². The fourth-order valence-corrected chi connectivity index (χ4v) is 1.93. The Labute approximate surface area is 103 Å². The highest BCUT2D eigenvalue weighted by Gasteiger charge is 2.21. The molecule has 5 heteroatoms. The van der Waals surface area contributed by atoms with Gasteiger partial charge in [-0.15, -0.1) is 0 Å². The van der Waals surface area contributed by atoms with Crippen LogP contribution in [0.25, 0.3) is 11.3 Å². The maximum atomic E-state index is 13.2. The molecule has 1 saturated carbocycles. The first-order chi connectivity index (χ1) is 8.72. The summed E-state index contributed by atoms with van der Waals surface area (Å²) < 4.78 is 26.4. The number of aromatic amines is 1. The van der Waals surface area contributed by atoms with E-state index in [0.29, 0.717) is 23.8 Å². The summed E-state index contributed by atoms with van der Waals surface area (Å²) >= 11 is 0. The SMILES string of the molecule is Fc1cc(F)cc(-c2[nH]ncc2CNC2CC2)c1. The van der Waals surface area contributed by atoms with E-state index in [0.717, 1.165) is 11.6 Å². The Hall–Kier alpha value is -1.75. The number of hydrogen-bond acceptors (Lipinski definition) is 2. The van der Waals surface area contributed by atoms with Crippen LogP contribution in [0.15, 0.2) is 24.4 Å². The minimum atomic E-state index is -0.583. The third-order valence-corrected chi connectivity index (χ3v) is 3.03. The number of nitrogens with zero attached hydrogens (tertiary/aromatic N) is 1. The first kappa shape index (κ1) is 11.3. The molecule has 2 N–H and O–H groups in total. The van der Waals surface area contributed by atoms with Crippen molar-refractivity contribution in [3.63, 3.8) is 0 Å². The largest absolute Gasteiger partial charge is 0.310 e. The van der Waals surface area contributed by atoms with Crippen LogP contribution in [-0.4, -0.2) is 16.2 Å². The van der Waals surface area contributed by atoms with Crippen LogP contribution in [0.4, 0.5) is 8.78 Å². The van der Waals surface area contributed by atoms with Gasteiger partial charge >= 0.3 is 0 Å². The molecule has 0 spiro atoms. The van der Waals surface area contributed by atoms with Crippen LogP contribution in [0.2, 0.25) is 0 Å². The molecule has 3 rings (SSSR count). The van der Waals surface area contributed by atoms with Crippen molar-refractivity contribution in [2.45, 2.75) is 25.4 Å². The molecule has 0 amide bonds. The van der Waals surface area contributed by atoms with E-state index in [-0.39, 0.29) is 0 Å². The Morgan fingerprint density at radius 1 is 1.22 bits per heavy atom. The van der Waals surface area contributed by atoms with Crippen LogP contribution in [0, 0.1) is 11.6 Å². The fraction of sp³-hybridized carbons (Fsp3) is 0.308. The maximum Gasteiger partial charge on any atom is 0.126 e. The van der Waals surface area contributed by atoms with Crippen molar-refractivity contribution in [1.29, 1.82) is 0 Å². The number of rotatable bonds is 4. The quantitative estimate of drug-likeness (QED) is 0.874. The zero-order valence-electron chi connectivity index (χ0n) is 9.71. The lowest BCUT2D eigenvalue weighted by molar-refractivity contribution is 0.584. The summed E-state index contributed by atoms with van der Waals surface area (Å²) in [6, 6.07) is 4.05. The summed E-state index contributed by atoms with van der Waals surface area (Å²) in [5, 5.41) is 10.1. The molecule has 0 bridgehead atoms. The summed E-state index contributed by atoms with van der Waals surface area (Å²) in [6.45, 7) is 0.661. The second-order valence-electron chi connectivity index (χ2n) is 4.58. The molecule has 1 fully saturated rings. The van der Waals surface area contributed by atoms with E-state index in [1.807, 2.05) is 0 Å². The van der Waals surface area contributed by atoms with Gasteiger partial charge in [0.15, 0.2) is 0 Å². The Morgan fingerprint density at radius 2 is 1.94 bits per heavy atom. The average molecular weight is 249 g/mol. The van der Waals surface area contributed by atoms with Gasteiger partial charge in [0.2, 0.25) is 0 Å². The second-order valence-corrected chi connectivity index (χ2v) is 4.58. The van der Waals surface area contributed by atoms with Crippen molar-refractivity contribution < 1.29 is 8.78 Å². The number of aromatic nitrogens is 2. The monoisotopic (exact) mass is 249 g/mol.